The maximum atomic E-state index is 11.7. The van der Waals surface area contributed by atoms with Crippen molar-refractivity contribution in [3.63, 3.8) is 0 Å². The highest BCUT2D eigenvalue weighted by Crippen LogP contribution is 2.71. The van der Waals surface area contributed by atoms with Crippen LogP contribution < -0.4 is 4.89 Å². The number of rotatable bonds is 2. The Balaban J connectivity index is 2.10. The van der Waals surface area contributed by atoms with Crippen molar-refractivity contribution < 1.29 is 13.9 Å². The van der Waals surface area contributed by atoms with Gasteiger partial charge in [0.05, 0.1) is 24.2 Å². The maximum Gasteiger partial charge on any atom is 0.299 e. The molecule has 1 aliphatic rings. The van der Waals surface area contributed by atoms with Gasteiger partial charge in [-0.25, -0.2) is 4.52 Å². The van der Waals surface area contributed by atoms with Gasteiger partial charge in [0.15, 0.2) is 0 Å². The molecule has 1 aliphatic heterocycles. The van der Waals surface area contributed by atoms with E-state index < -0.39 is 7.15 Å². The highest BCUT2D eigenvalue weighted by Gasteiger charge is 2.43. The molecule has 0 amide bonds. The van der Waals surface area contributed by atoms with E-state index in [2.05, 4.69) is 0 Å². The summed E-state index contributed by atoms with van der Waals surface area (Å²) >= 11 is 1.26. The van der Waals surface area contributed by atoms with E-state index in [4.69, 9.17) is 9.05 Å². The monoisotopic (exact) mass is 232 g/mol. The van der Waals surface area contributed by atoms with Crippen molar-refractivity contribution in [2.75, 3.05) is 12.9 Å². The van der Waals surface area contributed by atoms with Gasteiger partial charge >= 0.3 is 0 Å². The summed E-state index contributed by atoms with van der Waals surface area (Å²) in [5.41, 5.74) is 1.05. The Morgan fingerprint density at radius 2 is 2.21 bits per heavy atom. The van der Waals surface area contributed by atoms with Crippen LogP contribution in [0.25, 0.3) is 0 Å². The zero-order valence-electron chi connectivity index (χ0n) is 7.75. The van der Waals surface area contributed by atoms with Gasteiger partial charge in [0.1, 0.15) is 6.10 Å². The fourth-order valence-corrected chi connectivity index (χ4v) is 4.50. The van der Waals surface area contributed by atoms with E-state index in [0.717, 1.165) is 5.56 Å². The van der Waals surface area contributed by atoms with Crippen molar-refractivity contribution in [1.82, 2.24) is 0 Å². The lowest BCUT2D eigenvalue weighted by Gasteiger charge is -2.18. The summed E-state index contributed by atoms with van der Waals surface area (Å²) in [6.07, 6.45) is -0.105. The third-order valence-electron chi connectivity index (χ3n) is 2.04. The average molecular weight is 232 g/mol. The Hall–Kier alpha value is -0.120. The normalized spacial score (nSPS) is 32.0. The lowest BCUT2D eigenvalue weighted by atomic mass is 10.1. The summed E-state index contributed by atoms with van der Waals surface area (Å²) in [4.78, 5) is 11.7. The molecule has 0 N–H and O–H groups in total. The van der Waals surface area contributed by atoms with Gasteiger partial charge in [-0.15, -0.1) is 0 Å². The predicted molar refractivity (Wildman–Crippen MR) is 56.7 cm³/mol. The van der Waals surface area contributed by atoms with Gasteiger partial charge in [-0.2, -0.15) is 4.52 Å². The minimum atomic E-state index is -2.86. The molecule has 2 atom stereocenters. The molecule has 0 aliphatic carbocycles. The topological polar surface area (TPSA) is 41.5 Å². The predicted octanol–water partition coefficient (Wildman–Crippen LogP) is 2.18. The summed E-state index contributed by atoms with van der Waals surface area (Å²) in [6, 6.07) is 9.77. The quantitative estimate of drug-likeness (QED) is 0.579. The van der Waals surface area contributed by atoms with Crippen molar-refractivity contribution in [3.8, 4) is 0 Å². The summed E-state index contributed by atoms with van der Waals surface area (Å²) in [5, 5.41) is 0. The van der Waals surface area contributed by atoms with Gasteiger partial charge in [0, 0.05) is 0 Å². The second-order valence-electron chi connectivity index (χ2n) is 2.93. The SMILES string of the molecule is CO[P+]1([18O-])O[C@@H](c2ccccc2)CS1. The molecule has 1 unspecified atom stereocenters. The van der Waals surface area contributed by atoms with E-state index >= 15 is 0 Å². The smallest absolute Gasteiger partial charge is 0.299 e. The molecule has 2 rings (SSSR count). The molecule has 1 heterocycles. The molecular formula is C9H11O3PS. The van der Waals surface area contributed by atoms with Crippen LogP contribution in [0, 0.1) is 0 Å². The van der Waals surface area contributed by atoms with Crippen molar-refractivity contribution >= 4 is 18.5 Å². The van der Waals surface area contributed by atoms with Crippen LogP contribution in [0.5, 0.6) is 0 Å². The second kappa shape index (κ2) is 4.17. The largest absolute Gasteiger partial charge is 0.622 e. The first-order valence-electron chi connectivity index (χ1n) is 4.27. The lowest BCUT2D eigenvalue weighted by Crippen LogP contribution is -2.08. The molecular weight excluding hydrogens is 221 g/mol. The van der Waals surface area contributed by atoms with Gasteiger partial charge in [0.2, 0.25) is 0 Å². The van der Waals surface area contributed by atoms with Crippen LogP contribution in [-0.2, 0) is 9.05 Å². The lowest BCUT2D eigenvalue weighted by molar-refractivity contribution is -0.208. The van der Waals surface area contributed by atoms with Gasteiger partial charge < -0.3 is 4.89 Å². The van der Waals surface area contributed by atoms with Crippen molar-refractivity contribution in [2.45, 2.75) is 6.10 Å². The second-order valence-corrected chi connectivity index (χ2v) is 7.11. The molecule has 0 spiro atoms. The van der Waals surface area contributed by atoms with Crippen LogP contribution in [0.1, 0.15) is 11.7 Å². The van der Waals surface area contributed by atoms with E-state index in [9.17, 15) is 4.89 Å². The fraction of sp³-hybridized carbons (Fsp3) is 0.333. The summed E-state index contributed by atoms with van der Waals surface area (Å²) < 4.78 is 10.2. The molecule has 1 fully saturated rings. The number of hydrogen-bond donors (Lipinski definition) is 0. The standard InChI is InChI=1S/C9H11O3PS/c1-11-13(10)12-9(7-14-13)8-5-3-2-4-6-8/h2-6,9H,7H2,1H3/t9-,13?/m1/s1/i10+2. The molecule has 0 radical (unpaired) electrons. The highest BCUT2D eigenvalue weighted by molar-refractivity contribution is 8.57. The molecule has 0 aromatic heterocycles. The van der Waals surface area contributed by atoms with Gasteiger partial charge in [0.25, 0.3) is 7.15 Å². The molecule has 1 saturated heterocycles. The molecule has 1 aromatic rings. The molecule has 3 nitrogen and oxygen atoms in total. The molecule has 0 bridgehead atoms. The number of hydrogen-bond acceptors (Lipinski definition) is 4. The van der Waals surface area contributed by atoms with E-state index in [0.29, 0.717) is 5.75 Å². The molecule has 5 heteroatoms. The minimum Gasteiger partial charge on any atom is -0.622 e. The minimum absolute atomic E-state index is 0.105. The fourth-order valence-electron chi connectivity index (χ4n) is 1.30. The molecule has 76 valence electrons. The Kier molecular flexibility index (Phi) is 3.10. The van der Waals surface area contributed by atoms with E-state index in [1.165, 1.54) is 18.5 Å². The molecule has 1 aromatic carbocycles. The summed E-state index contributed by atoms with van der Waals surface area (Å²) in [5.74, 6) is 0.690. The van der Waals surface area contributed by atoms with Gasteiger partial charge in [-0.05, 0) is 5.56 Å². The first kappa shape index (κ1) is 10.4. The first-order valence-corrected chi connectivity index (χ1v) is 7.40. The molecule has 14 heavy (non-hydrogen) atoms. The van der Waals surface area contributed by atoms with E-state index in [1.807, 2.05) is 30.3 Å². The Morgan fingerprint density at radius 3 is 2.79 bits per heavy atom. The van der Waals surface area contributed by atoms with Gasteiger partial charge in [-0.3, -0.25) is 0 Å². The van der Waals surface area contributed by atoms with Crippen LogP contribution in [0.4, 0.5) is 0 Å². The summed E-state index contributed by atoms with van der Waals surface area (Å²) in [6.45, 7) is 0. The van der Waals surface area contributed by atoms with Crippen LogP contribution >= 0.6 is 18.5 Å². The third-order valence-corrected chi connectivity index (χ3v) is 5.86. The molecule has 0 saturated carbocycles. The van der Waals surface area contributed by atoms with Crippen LogP contribution in [0.2, 0.25) is 0 Å². The average Bonchev–Trinajstić information content (AvgIpc) is 2.63. The van der Waals surface area contributed by atoms with Crippen molar-refractivity contribution in [1.29, 1.82) is 0 Å². The van der Waals surface area contributed by atoms with Gasteiger partial charge in [-0.1, -0.05) is 30.3 Å². The van der Waals surface area contributed by atoms with Crippen molar-refractivity contribution in [2.24, 2.45) is 0 Å². The Labute approximate surface area is 87.8 Å². The van der Waals surface area contributed by atoms with Crippen molar-refractivity contribution in [3.05, 3.63) is 35.9 Å². The Bertz CT molecular complexity index is 308. The van der Waals surface area contributed by atoms with Crippen LogP contribution in [-0.4, -0.2) is 12.9 Å². The zero-order valence-corrected chi connectivity index (χ0v) is 9.46. The third kappa shape index (κ3) is 2.10. The first-order chi connectivity index (χ1) is 6.73. The van der Waals surface area contributed by atoms with E-state index in [1.54, 1.807) is 0 Å². The maximum absolute atomic E-state index is 11.7. The summed E-state index contributed by atoms with van der Waals surface area (Å²) in [7, 11) is -1.44. The van der Waals surface area contributed by atoms with Crippen LogP contribution in [0.15, 0.2) is 30.3 Å². The zero-order chi connectivity index (χ0) is 10.0. The Morgan fingerprint density at radius 1 is 1.50 bits per heavy atom. The number of benzene rings is 1. The van der Waals surface area contributed by atoms with E-state index in [-0.39, 0.29) is 6.10 Å². The van der Waals surface area contributed by atoms with Crippen LogP contribution in [0.3, 0.4) is 0 Å². The highest BCUT2D eigenvalue weighted by atomic mass is 32.7.